The molecule has 0 atom stereocenters. The number of oxime groups is 1. The summed E-state index contributed by atoms with van der Waals surface area (Å²) in [5, 5.41) is 11.7. The molecule has 0 aliphatic heterocycles. The molecule has 0 aliphatic carbocycles. The maximum Gasteiger partial charge on any atom is 0.416 e. The van der Waals surface area contributed by atoms with Crippen molar-refractivity contribution >= 4 is 6.21 Å². The fourth-order valence-electron chi connectivity index (χ4n) is 2.53. The van der Waals surface area contributed by atoms with Gasteiger partial charge in [-0.1, -0.05) is 23.2 Å². The molecule has 5 nitrogen and oxygen atoms in total. The summed E-state index contributed by atoms with van der Waals surface area (Å²) in [5.74, 6) is 2.82. The van der Waals surface area contributed by atoms with Gasteiger partial charge < -0.3 is 9.57 Å². The third kappa shape index (κ3) is 5.35. The van der Waals surface area contributed by atoms with Gasteiger partial charge in [-0.25, -0.2) is 0 Å². The Labute approximate surface area is 171 Å². The van der Waals surface area contributed by atoms with E-state index in [0.717, 1.165) is 17.7 Å². The molecule has 1 heterocycles. The van der Waals surface area contributed by atoms with E-state index in [1.54, 1.807) is 43.3 Å². The number of alkyl halides is 3. The molecular formula is C22H16F3N3O2. The fourth-order valence-corrected chi connectivity index (χ4v) is 2.53. The van der Waals surface area contributed by atoms with Crippen molar-refractivity contribution in [2.45, 2.75) is 13.1 Å². The van der Waals surface area contributed by atoms with Crippen LogP contribution in [0.4, 0.5) is 13.2 Å². The summed E-state index contributed by atoms with van der Waals surface area (Å²) in [4.78, 5) is 4.83. The number of aryl methyl sites for hydroxylation is 1. The van der Waals surface area contributed by atoms with E-state index in [1.807, 2.05) is 0 Å². The van der Waals surface area contributed by atoms with Crippen molar-refractivity contribution in [3.8, 4) is 35.1 Å². The summed E-state index contributed by atoms with van der Waals surface area (Å²) in [6.45, 7) is 1.77. The number of aromatic nitrogens is 2. The third-order valence-electron chi connectivity index (χ3n) is 3.90. The molecule has 0 spiro atoms. The smallest absolute Gasteiger partial charge is 0.416 e. The van der Waals surface area contributed by atoms with Crippen molar-refractivity contribution in [1.29, 1.82) is 0 Å². The number of nitrogens with zero attached hydrogens (tertiary/aromatic N) is 3. The predicted octanol–water partition coefficient (Wildman–Crippen LogP) is 5.25. The van der Waals surface area contributed by atoms with Crippen molar-refractivity contribution in [3.63, 3.8) is 0 Å². The van der Waals surface area contributed by atoms with E-state index in [1.165, 1.54) is 12.3 Å². The van der Waals surface area contributed by atoms with E-state index in [9.17, 15) is 13.2 Å². The molecule has 2 aromatic carbocycles. The number of ether oxygens (including phenoxy) is 1. The largest absolute Gasteiger partial charge is 0.437 e. The van der Waals surface area contributed by atoms with Crippen LogP contribution in [0, 0.1) is 19.3 Å². The van der Waals surface area contributed by atoms with Crippen LogP contribution in [0.25, 0.3) is 11.1 Å². The highest BCUT2D eigenvalue weighted by molar-refractivity contribution is 5.79. The molecule has 0 N–H and O–H groups in total. The van der Waals surface area contributed by atoms with Gasteiger partial charge in [0.25, 0.3) is 0 Å². The second kappa shape index (κ2) is 9.09. The first-order valence-electron chi connectivity index (χ1n) is 8.75. The van der Waals surface area contributed by atoms with Gasteiger partial charge in [0.1, 0.15) is 5.75 Å². The van der Waals surface area contributed by atoms with E-state index in [-0.39, 0.29) is 12.5 Å². The molecule has 30 heavy (non-hydrogen) atoms. The first-order valence-corrected chi connectivity index (χ1v) is 8.75. The van der Waals surface area contributed by atoms with Gasteiger partial charge in [-0.15, -0.1) is 11.5 Å². The van der Waals surface area contributed by atoms with Gasteiger partial charge in [-0.05, 0) is 60.5 Å². The maximum atomic E-state index is 13.1. The Kier molecular flexibility index (Phi) is 6.32. The first kappa shape index (κ1) is 20.9. The van der Waals surface area contributed by atoms with E-state index in [4.69, 9.17) is 16.0 Å². The third-order valence-corrected chi connectivity index (χ3v) is 3.90. The van der Waals surface area contributed by atoms with Crippen LogP contribution < -0.4 is 4.74 Å². The lowest BCUT2D eigenvalue weighted by Gasteiger charge is -2.12. The molecule has 0 bridgehead atoms. The second-order valence-electron chi connectivity index (χ2n) is 6.17. The van der Waals surface area contributed by atoms with Crippen LogP contribution >= 0.6 is 0 Å². The Morgan fingerprint density at radius 2 is 1.87 bits per heavy atom. The van der Waals surface area contributed by atoms with Gasteiger partial charge in [-0.2, -0.15) is 18.3 Å². The van der Waals surface area contributed by atoms with Crippen molar-refractivity contribution in [3.05, 3.63) is 71.4 Å². The Balaban J connectivity index is 1.86. The van der Waals surface area contributed by atoms with Crippen LogP contribution in [0.2, 0.25) is 0 Å². The van der Waals surface area contributed by atoms with Crippen molar-refractivity contribution in [2.24, 2.45) is 5.16 Å². The molecule has 0 fully saturated rings. The summed E-state index contributed by atoms with van der Waals surface area (Å²) in [6.07, 6.45) is 2.10. The standard InChI is InChI=1S/C22H16F3N3O2/c1-3-11-29-26-14-16-7-9-19(10-8-16)30-21-20(12-15(2)27-28-21)17-5-4-6-18(13-17)22(23,24)25/h1,4-10,12-14H,11H2,2H3/b26-14+. The number of rotatable bonds is 6. The Hall–Kier alpha value is -3.86. The van der Waals surface area contributed by atoms with Gasteiger partial charge in [-0.3, -0.25) is 0 Å². The van der Waals surface area contributed by atoms with Crippen molar-refractivity contribution < 1.29 is 22.7 Å². The maximum absolute atomic E-state index is 13.1. The van der Waals surface area contributed by atoms with Crippen molar-refractivity contribution in [2.75, 3.05) is 6.61 Å². The topological polar surface area (TPSA) is 56.6 Å². The van der Waals surface area contributed by atoms with E-state index < -0.39 is 11.7 Å². The average Bonchev–Trinajstić information content (AvgIpc) is 2.73. The molecule has 0 aliphatic rings. The highest BCUT2D eigenvalue weighted by Crippen LogP contribution is 2.36. The number of hydrogen-bond donors (Lipinski definition) is 0. The summed E-state index contributed by atoms with van der Waals surface area (Å²) >= 11 is 0. The minimum atomic E-state index is -4.45. The van der Waals surface area contributed by atoms with Gasteiger partial charge in [0.15, 0.2) is 6.61 Å². The quantitative estimate of drug-likeness (QED) is 0.241. The van der Waals surface area contributed by atoms with Crippen LogP contribution in [0.1, 0.15) is 16.8 Å². The SMILES string of the molecule is C#CCO/N=C/c1ccc(Oc2nnc(C)cc2-c2cccc(C(F)(F)F)c2)cc1. The zero-order chi connectivity index (χ0) is 21.6. The van der Waals surface area contributed by atoms with E-state index in [2.05, 4.69) is 21.3 Å². The van der Waals surface area contributed by atoms with Crippen LogP contribution in [-0.4, -0.2) is 23.0 Å². The highest BCUT2D eigenvalue weighted by Gasteiger charge is 2.30. The van der Waals surface area contributed by atoms with Gasteiger partial charge in [0.05, 0.1) is 17.5 Å². The van der Waals surface area contributed by atoms with E-state index >= 15 is 0 Å². The monoisotopic (exact) mass is 411 g/mol. The molecule has 3 rings (SSSR count). The summed E-state index contributed by atoms with van der Waals surface area (Å²) in [6, 6.07) is 13.4. The van der Waals surface area contributed by atoms with Crippen molar-refractivity contribution in [1.82, 2.24) is 10.2 Å². The average molecular weight is 411 g/mol. The predicted molar refractivity (Wildman–Crippen MR) is 106 cm³/mol. The Morgan fingerprint density at radius 3 is 2.57 bits per heavy atom. The minimum absolute atomic E-state index is 0.0715. The molecule has 0 saturated carbocycles. The zero-order valence-electron chi connectivity index (χ0n) is 15.8. The first-order chi connectivity index (χ1) is 14.4. The van der Waals surface area contributed by atoms with Gasteiger partial charge in [0.2, 0.25) is 5.88 Å². The van der Waals surface area contributed by atoms with Gasteiger partial charge >= 0.3 is 6.18 Å². The van der Waals surface area contributed by atoms with Crippen LogP contribution in [0.5, 0.6) is 11.6 Å². The molecule has 0 unspecified atom stereocenters. The minimum Gasteiger partial charge on any atom is -0.437 e. The number of benzene rings is 2. The summed E-state index contributed by atoms with van der Waals surface area (Å²) < 4.78 is 45.1. The zero-order valence-corrected chi connectivity index (χ0v) is 15.8. The number of hydrogen-bond acceptors (Lipinski definition) is 5. The lowest BCUT2D eigenvalue weighted by Crippen LogP contribution is -2.05. The lowest BCUT2D eigenvalue weighted by atomic mass is 10.0. The molecule has 1 aromatic heterocycles. The molecular weight excluding hydrogens is 395 g/mol. The second-order valence-corrected chi connectivity index (χ2v) is 6.17. The number of halogens is 3. The fraction of sp³-hybridized carbons (Fsp3) is 0.136. The van der Waals surface area contributed by atoms with Crippen LogP contribution in [0.15, 0.2) is 59.8 Å². The van der Waals surface area contributed by atoms with E-state index in [0.29, 0.717) is 22.6 Å². The van der Waals surface area contributed by atoms with Gasteiger partial charge in [0, 0.05) is 5.56 Å². The molecule has 0 radical (unpaired) electrons. The summed E-state index contributed by atoms with van der Waals surface area (Å²) in [5.41, 5.74) is 1.27. The lowest BCUT2D eigenvalue weighted by molar-refractivity contribution is -0.137. The Bertz CT molecular complexity index is 1090. The number of terminal acetylenes is 1. The van der Waals surface area contributed by atoms with Crippen LogP contribution in [0.3, 0.4) is 0 Å². The highest BCUT2D eigenvalue weighted by atomic mass is 19.4. The Morgan fingerprint density at radius 1 is 1.10 bits per heavy atom. The molecule has 0 saturated heterocycles. The molecule has 152 valence electrons. The van der Waals surface area contributed by atoms with Crippen LogP contribution in [-0.2, 0) is 11.0 Å². The normalized spacial score (nSPS) is 11.3. The summed E-state index contributed by atoms with van der Waals surface area (Å²) in [7, 11) is 0. The molecule has 0 amide bonds. The molecule has 8 heteroatoms. The molecule has 3 aromatic rings.